The molecule has 1 aliphatic heterocycles. The Morgan fingerprint density at radius 1 is 0.356 bits per heavy atom. The number of hydrogen-bond donors (Lipinski definition) is 0. The highest BCUT2D eigenvalue weighted by Gasteiger charge is 2.51. The van der Waals surface area contributed by atoms with Crippen LogP contribution in [0.1, 0.15) is 22.3 Å². The van der Waals surface area contributed by atoms with Gasteiger partial charge in [-0.15, -0.1) is 0 Å². The van der Waals surface area contributed by atoms with Gasteiger partial charge in [-0.05, 0) is 81.9 Å². The maximum atomic E-state index is 6.51. The minimum absolute atomic E-state index is 0.472. The summed E-state index contributed by atoms with van der Waals surface area (Å²) >= 11 is 0. The molecule has 1 aliphatic carbocycles. The second kappa shape index (κ2) is 10.1. The minimum atomic E-state index is -0.472. The van der Waals surface area contributed by atoms with Crippen LogP contribution in [0.5, 0.6) is 11.5 Å². The second-order valence-corrected chi connectivity index (χ2v) is 11.7. The number of benzene rings is 7. The Balaban J connectivity index is 1.29. The highest BCUT2D eigenvalue weighted by Crippen LogP contribution is 2.62. The summed E-state index contributed by atoms with van der Waals surface area (Å²) in [6.45, 7) is 0. The van der Waals surface area contributed by atoms with Crippen molar-refractivity contribution in [2.24, 2.45) is 0 Å². The first-order chi connectivity index (χ1) is 22.3. The molecule has 0 fully saturated rings. The number of hydrogen-bond acceptors (Lipinski definition) is 2. The Bertz CT molecular complexity index is 2160. The molecule has 2 nitrogen and oxygen atoms in total. The molecule has 0 unspecified atom stereocenters. The summed E-state index contributed by atoms with van der Waals surface area (Å²) in [4.78, 5) is 2.37. The fourth-order valence-corrected chi connectivity index (χ4v) is 7.47. The monoisotopic (exact) mass is 575 g/mol. The topological polar surface area (TPSA) is 12.5 Å². The molecular formula is C43H29NO. The van der Waals surface area contributed by atoms with Gasteiger partial charge in [-0.2, -0.15) is 0 Å². The number of anilines is 3. The third-order valence-corrected chi connectivity index (χ3v) is 9.31. The predicted molar refractivity (Wildman–Crippen MR) is 184 cm³/mol. The lowest BCUT2D eigenvalue weighted by molar-refractivity contribution is 0.436. The van der Waals surface area contributed by atoms with Gasteiger partial charge in [0.15, 0.2) is 0 Å². The molecule has 7 aromatic carbocycles. The van der Waals surface area contributed by atoms with E-state index in [1.165, 1.54) is 44.5 Å². The predicted octanol–water partition coefficient (Wildman–Crippen LogP) is 11.3. The highest BCUT2D eigenvalue weighted by molar-refractivity contribution is 5.92. The van der Waals surface area contributed by atoms with E-state index in [0.717, 1.165) is 28.6 Å². The summed E-state index contributed by atoms with van der Waals surface area (Å²) in [5.41, 5.74) is 12.7. The Hall–Kier alpha value is -5.86. The van der Waals surface area contributed by atoms with Gasteiger partial charge in [-0.3, -0.25) is 0 Å². The zero-order chi connectivity index (χ0) is 29.8. The van der Waals surface area contributed by atoms with Gasteiger partial charge in [-0.1, -0.05) is 127 Å². The smallest absolute Gasteiger partial charge is 0.132 e. The SMILES string of the molecule is c1ccc(-c2cccc(N(c3ccccc3)c3ccc4c(c3)-c3ccccc3C43c4ccccc4Oc4ccccc43)c2)cc1. The molecule has 9 rings (SSSR count). The van der Waals surface area contributed by atoms with Crippen molar-refractivity contribution in [3.8, 4) is 33.8 Å². The molecule has 0 N–H and O–H groups in total. The van der Waals surface area contributed by atoms with Crippen molar-refractivity contribution in [2.45, 2.75) is 5.41 Å². The molecule has 0 amide bonds. The molecule has 0 saturated heterocycles. The number of ether oxygens (including phenoxy) is 1. The maximum absolute atomic E-state index is 6.51. The fourth-order valence-electron chi connectivity index (χ4n) is 7.47. The van der Waals surface area contributed by atoms with Gasteiger partial charge in [0.2, 0.25) is 0 Å². The van der Waals surface area contributed by atoms with Crippen LogP contribution in [0, 0.1) is 0 Å². The summed E-state index contributed by atoms with van der Waals surface area (Å²) in [5, 5.41) is 0. The molecule has 2 aliphatic rings. The normalized spacial score (nSPS) is 13.2. The molecule has 0 aromatic heterocycles. The van der Waals surface area contributed by atoms with E-state index < -0.39 is 5.41 Å². The van der Waals surface area contributed by atoms with Gasteiger partial charge in [-0.25, -0.2) is 0 Å². The molecule has 1 spiro atoms. The van der Waals surface area contributed by atoms with Crippen LogP contribution in [0.2, 0.25) is 0 Å². The van der Waals surface area contributed by atoms with Crippen LogP contribution < -0.4 is 9.64 Å². The van der Waals surface area contributed by atoms with Crippen LogP contribution >= 0.6 is 0 Å². The number of fused-ring (bicyclic) bond motifs is 9. The molecule has 212 valence electrons. The van der Waals surface area contributed by atoms with Gasteiger partial charge in [0.1, 0.15) is 11.5 Å². The summed E-state index contributed by atoms with van der Waals surface area (Å²) < 4.78 is 6.51. The van der Waals surface area contributed by atoms with E-state index in [4.69, 9.17) is 4.74 Å². The van der Waals surface area contributed by atoms with Gasteiger partial charge < -0.3 is 9.64 Å². The van der Waals surface area contributed by atoms with E-state index in [2.05, 4.69) is 181 Å². The van der Waals surface area contributed by atoms with Crippen LogP contribution in [0.15, 0.2) is 176 Å². The van der Waals surface area contributed by atoms with Crippen LogP contribution in [-0.2, 0) is 5.41 Å². The van der Waals surface area contributed by atoms with E-state index >= 15 is 0 Å². The molecule has 0 saturated carbocycles. The summed E-state index contributed by atoms with van der Waals surface area (Å²) in [5.74, 6) is 1.82. The Morgan fingerprint density at radius 2 is 0.889 bits per heavy atom. The quantitative estimate of drug-likeness (QED) is 0.207. The number of para-hydroxylation sites is 3. The Labute approximate surface area is 263 Å². The molecule has 45 heavy (non-hydrogen) atoms. The van der Waals surface area contributed by atoms with Crippen LogP contribution in [0.25, 0.3) is 22.3 Å². The van der Waals surface area contributed by atoms with Gasteiger partial charge in [0, 0.05) is 28.2 Å². The third kappa shape index (κ3) is 3.82. The van der Waals surface area contributed by atoms with Gasteiger partial charge in [0.05, 0.1) is 5.41 Å². The Morgan fingerprint density at radius 3 is 1.62 bits per heavy atom. The van der Waals surface area contributed by atoms with Gasteiger partial charge >= 0.3 is 0 Å². The first-order valence-corrected chi connectivity index (χ1v) is 15.4. The standard InChI is InChI=1S/C43H29NO/c1-3-14-30(15-4-1)31-16-13-19-33(28-31)44(32-17-5-2-6-18-32)34-26-27-38-36(29-34)35-20-7-8-21-37(35)43(38)39-22-9-11-24-41(39)45-42-25-12-10-23-40(42)43/h1-29H. The van der Waals surface area contributed by atoms with Crippen molar-refractivity contribution in [2.75, 3.05) is 4.90 Å². The largest absolute Gasteiger partial charge is 0.457 e. The molecule has 7 aromatic rings. The van der Waals surface area contributed by atoms with Crippen molar-refractivity contribution < 1.29 is 4.74 Å². The molecule has 0 radical (unpaired) electrons. The van der Waals surface area contributed by atoms with Crippen LogP contribution in [0.3, 0.4) is 0 Å². The average molecular weight is 576 g/mol. The van der Waals surface area contributed by atoms with Crippen molar-refractivity contribution in [1.82, 2.24) is 0 Å². The van der Waals surface area contributed by atoms with E-state index in [1.54, 1.807) is 0 Å². The van der Waals surface area contributed by atoms with Crippen LogP contribution in [-0.4, -0.2) is 0 Å². The van der Waals surface area contributed by atoms with Crippen molar-refractivity contribution in [3.05, 3.63) is 198 Å². The highest BCUT2D eigenvalue weighted by atomic mass is 16.5. The zero-order valence-electron chi connectivity index (χ0n) is 24.6. The zero-order valence-corrected chi connectivity index (χ0v) is 24.6. The Kier molecular flexibility index (Phi) is 5.76. The second-order valence-electron chi connectivity index (χ2n) is 11.7. The van der Waals surface area contributed by atoms with Crippen molar-refractivity contribution >= 4 is 17.1 Å². The molecule has 1 heterocycles. The lowest BCUT2D eigenvalue weighted by Gasteiger charge is -2.39. The summed E-state index contributed by atoms with van der Waals surface area (Å²) in [6.07, 6.45) is 0. The van der Waals surface area contributed by atoms with E-state index in [9.17, 15) is 0 Å². The van der Waals surface area contributed by atoms with E-state index in [1.807, 2.05) is 0 Å². The molecular weight excluding hydrogens is 546 g/mol. The van der Waals surface area contributed by atoms with E-state index in [-0.39, 0.29) is 0 Å². The molecule has 0 atom stereocenters. The summed E-state index contributed by atoms with van der Waals surface area (Å²) in [7, 11) is 0. The first kappa shape index (κ1) is 25.6. The minimum Gasteiger partial charge on any atom is -0.457 e. The average Bonchev–Trinajstić information content (AvgIpc) is 3.40. The van der Waals surface area contributed by atoms with Gasteiger partial charge in [0.25, 0.3) is 0 Å². The first-order valence-electron chi connectivity index (χ1n) is 15.4. The third-order valence-electron chi connectivity index (χ3n) is 9.31. The van der Waals surface area contributed by atoms with Crippen molar-refractivity contribution in [3.63, 3.8) is 0 Å². The van der Waals surface area contributed by atoms with Crippen molar-refractivity contribution in [1.29, 1.82) is 0 Å². The maximum Gasteiger partial charge on any atom is 0.132 e. The number of rotatable bonds is 4. The fraction of sp³-hybridized carbons (Fsp3) is 0.0233. The summed E-state index contributed by atoms with van der Waals surface area (Å²) in [6, 6.07) is 63.0. The molecule has 2 heteroatoms. The lowest BCUT2D eigenvalue weighted by atomic mass is 9.66. The number of nitrogens with zero attached hydrogens (tertiary/aromatic N) is 1. The van der Waals surface area contributed by atoms with E-state index in [0.29, 0.717) is 0 Å². The lowest BCUT2D eigenvalue weighted by Crippen LogP contribution is -2.32. The van der Waals surface area contributed by atoms with Crippen LogP contribution in [0.4, 0.5) is 17.1 Å². The molecule has 0 bridgehead atoms.